The van der Waals surface area contributed by atoms with Crippen molar-refractivity contribution in [3.63, 3.8) is 0 Å². The van der Waals surface area contributed by atoms with E-state index in [1.165, 1.54) is 122 Å². The lowest BCUT2D eigenvalue weighted by atomic mass is 9.66. The van der Waals surface area contributed by atoms with Crippen molar-refractivity contribution in [1.82, 2.24) is 15.0 Å². The van der Waals surface area contributed by atoms with Crippen molar-refractivity contribution in [2.75, 3.05) is 0 Å². The van der Waals surface area contributed by atoms with Crippen molar-refractivity contribution >= 4 is 0 Å². The standard InChI is InChI=1S/C97H66.C40H25N3.2C2H6/c1-9-29-67(30-10-1)75-49-76(68-31-11-2-12-32-68)54-83(53-75)87-61-88(84-55-77(69-33-13-3-14-34-69)50-78(56-84)70-35-15-4-16-36-70)64-91(63-87)97(95-47-27-25-45-93(95)94-46-26-28-48-96(94)97)92-65-89(85-57-79(71-37-17-5-18-38-71)51-80(58-85)72-39-19-6-20-40-72)62-90(66-92)86-59-81(73-41-21-7-22-42-73)52-82(60-86)74-43-23-8-24-44-74;1-3-13-26(14-4-1)37-41-38(27-15-5-2-6-16-27)43-39(42-37)28-23-24-32-31-19-9-12-22-35(31)40(36(32)25-28)33-20-10-7-17-29(33)30-18-8-11-21-34(30)40;2*1-2/h1-66H;1-25H;2*1-2H3/i;;2*1T. The van der Waals surface area contributed by atoms with Crippen LogP contribution in [-0.4, -0.2) is 15.0 Å². The molecule has 22 aromatic carbocycles. The molecule has 0 bridgehead atoms. The molecule has 23 aromatic rings. The largest absolute Gasteiger partial charge is 0.208 e. The van der Waals surface area contributed by atoms with Gasteiger partial charge in [0.25, 0.3) is 0 Å². The van der Waals surface area contributed by atoms with Gasteiger partial charge in [-0.25, -0.2) is 15.0 Å². The summed E-state index contributed by atoms with van der Waals surface area (Å²) >= 11 is 0. The summed E-state index contributed by atoms with van der Waals surface area (Å²) in [7, 11) is 0. The number of fused-ring (bicyclic) bond motifs is 13. The summed E-state index contributed by atoms with van der Waals surface area (Å²) in [6, 6.07) is 203. The minimum Gasteiger partial charge on any atom is -0.208 e. The van der Waals surface area contributed by atoms with E-state index in [2.05, 4.69) is 516 Å². The first-order chi connectivity index (χ1) is 72.2. The fraction of sp³-hybridized carbons (Fsp3) is 0.0426. The van der Waals surface area contributed by atoms with Gasteiger partial charge in [-0.1, -0.05) is 464 Å². The molecule has 1 aromatic heterocycles. The van der Waals surface area contributed by atoms with Gasteiger partial charge in [0.05, 0.1) is 10.8 Å². The normalized spacial score (nSPS) is 12.3. The predicted octanol–water partition coefficient (Wildman–Crippen LogP) is 37.3. The summed E-state index contributed by atoms with van der Waals surface area (Å²) in [5.41, 5.74) is 46.8. The molecule has 0 N–H and O–H groups in total. The van der Waals surface area contributed by atoms with Crippen molar-refractivity contribution in [1.29, 1.82) is 0 Å². The number of nitrogens with zero attached hydrogens (tertiary/aromatic N) is 3. The van der Waals surface area contributed by atoms with E-state index in [0.717, 1.165) is 106 Å². The molecular formula is C141H103N3. The Hall–Kier alpha value is -18.2. The molecule has 0 radical (unpaired) electrons. The zero-order valence-corrected chi connectivity index (χ0v) is 80.3. The maximum Gasteiger partial charge on any atom is 0.164 e. The maximum absolute atomic E-state index is 6.21. The second-order valence-electron chi connectivity index (χ2n) is 36.7. The van der Waals surface area contributed by atoms with Gasteiger partial charge in [-0.15, -0.1) is 0 Å². The smallest absolute Gasteiger partial charge is 0.164 e. The number of aromatic nitrogens is 3. The van der Waals surface area contributed by atoms with Gasteiger partial charge in [-0.2, -0.15) is 0 Å². The second kappa shape index (κ2) is 39.6. The molecule has 0 atom stereocenters. The highest BCUT2D eigenvalue weighted by Crippen LogP contribution is 2.64. The zero-order chi connectivity index (χ0) is 98.3. The third-order valence-corrected chi connectivity index (χ3v) is 28.6. The third kappa shape index (κ3) is 16.8. The molecule has 144 heavy (non-hydrogen) atoms. The van der Waals surface area contributed by atoms with Crippen LogP contribution in [0.2, 0.25) is 0 Å². The molecule has 0 amide bonds. The van der Waals surface area contributed by atoms with E-state index in [4.69, 9.17) is 17.7 Å². The first kappa shape index (κ1) is 87.4. The molecule has 0 unspecified atom stereocenters. The van der Waals surface area contributed by atoms with Gasteiger partial charge in [0.15, 0.2) is 17.5 Å². The van der Waals surface area contributed by atoms with E-state index in [9.17, 15) is 0 Å². The Morgan fingerprint density at radius 3 is 0.493 bits per heavy atom. The second-order valence-corrected chi connectivity index (χ2v) is 36.7. The van der Waals surface area contributed by atoms with Gasteiger partial charge in [-0.3, -0.25) is 0 Å². The topological polar surface area (TPSA) is 38.7 Å². The van der Waals surface area contributed by atoms with Crippen LogP contribution in [0.4, 0.5) is 0 Å². The van der Waals surface area contributed by atoms with Crippen LogP contribution in [0.15, 0.2) is 552 Å². The van der Waals surface area contributed by atoms with Crippen LogP contribution < -0.4 is 0 Å². The van der Waals surface area contributed by atoms with Gasteiger partial charge in [0, 0.05) is 19.4 Å². The van der Waals surface area contributed by atoms with E-state index >= 15 is 0 Å². The van der Waals surface area contributed by atoms with Crippen LogP contribution in [0.1, 0.15) is 74.9 Å². The van der Waals surface area contributed by atoms with Crippen molar-refractivity contribution < 1.29 is 2.74 Å². The van der Waals surface area contributed by atoms with E-state index in [1.807, 2.05) is 36.4 Å². The van der Waals surface area contributed by atoms with Crippen LogP contribution in [0.3, 0.4) is 0 Å². The molecule has 26 rings (SSSR count). The van der Waals surface area contributed by atoms with E-state index in [0.29, 0.717) is 31.3 Å². The highest BCUT2D eigenvalue weighted by molar-refractivity contribution is 5.98. The Balaban J connectivity index is 0.000000198. The monoisotopic (exact) mass is 1840 g/mol. The fourth-order valence-electron chi connectivity index (χ4n) is 22.1. The lowest BCUT2D eigenvalue weighted by Gasteiger charge is -2.35. The molecule has 3 aliphatic rings. The summed E-state index contributed by atoms with van der Waals surface area (Å²) in [5.74, 6) is 2.00. The lowest BCUT2D eigenvalue weighted by molar-refractivity contribution is 0.770. The zero-order valence-electron chi connectivity index (χ0n) is 82.3. The van der Waals surface area contributed by atoms with Crippen LogP contribution in [0.25, 0.3) is 201 Å². The summed E-state index contributed by atoms with van der Waals surface area (Å²) in [5, 5.41) is 0. The number of hydrogen-bond donors (Lipinski definition) is 0. The number of benzene rings is 22. The Morgan fingerprint density at radius 1 is 0.132 bits per heavy atom. The third-order valence-electron chi connectivity index (χ3n) is 28.6. The SMILES string of the molecule is [3H]CC.[3H]CC.c1ccc(-c2cc(-c3ccccc3)cc(-c3cc(-c4cc(-c5ccccc5)cc(-c5ccccc5)c4)cc(C4(c5cc(-c6cc(-c7ccccc7)cc(-c7ccccc7)c6)cc(-c6cc(-c7ccccc7)cc(-c7ccccc7)c6)c5)c5ccccc5-c5ccccc54)c3)c2)cc1.c1ccc(-c2nc(-c3ccccc3)nc(-c3ccc4c(c3)C3(c5ccccc5-c5ccccc53)c3ccccc3-4)n2)cc1. The average Bonchev–Trinajstić information content (AvgIpc) is 1.51. The maximum atomic E-state index is 6.21. The van der Waals surface area contributed by atoms with Gasteiger partial charge >= 0.3 is 0 Å². The van der Waals surface area contributed by atoms with E-state index < -0.39 is 10.8 Å². The first-order valence-electron chi connectivity index (χ1n) is 51.0. The fourth-order valence-corrected chi connectivity index (χ4v) is 22.1. The Morgan fingerprint density at radius 2 is 0.285 bits per heavy atom. The van der Waals surface area contributed by atoms with Gasteiger partial charge < -0.3 is 0 Å². The van der Waals surface area contributed by atoms with Crippen LogP contribution in [0, 0.1) is 0 Å². The summed E-state index contributed by atoms with van der Waals surface area (Å²) in [6.45, 7) is 4.58. The summed E-state index contributed by atoms with van der Waals surface area (Å²) < 4.78 is 12.4. The van der Waals surface area contributed by atoms with Crippen LogP contribution >= 0.6 is 0 Å². The minimum atomic E-state index is -0.889. The highest BCUT2D eigenvalue weighted by atomic mass is 15.0. The Kier molecular flexibility index (Phi) is 24.0. The molecule has 1 spiro atoms. The average molecular weight is 1840 g/mol. The summed E-state index contributed by atoms with van der Waals surface area (Å²) in [4.78, 5) is 15.0. The Bertz CT molecular complexity index is 7670. The molecule has 682 valence electrons. The molecule has 0 saturated heterocycles. The molecule has 0 fully saturated rings. The summed E-state index contributed by atoms with van der Waals surface area (Å²) in [6.07, 6.45) is 0. The molecule has 0 saturated carbocycles. The number of rotatable bonds is 17. The lowest BCUT2D eigenvalue weighted by Crippen LogP contribution is -2.29. The van der Waals surface area contributed by atoms with Gasteiger partial charge in [-0.05, 0) is 327 Å². The van der Waals surface area contributed by atoms with Crippen molar-refractivity contribution in [2.24, 2.45) is 0 Å². The van der Waals surface area contributed by atoms with Gasteiger partial charge in [0.1, 0.15) is 0 Å². The molecule has 3 nitrogen and oxygen atoms in total. The highest BCUT2D eigenvalue weighted by Gasteiger charge is 2.52. The number of hydrogen-bond acceptors (Lipinski definition) is 3. The molecule has 3 aliphatic carbocycles. The van der Waals surface area contributed by atoms with Crippen molar-refractivity contribution in [2.45, 2.75) is 38.5 Å². The Labute approximate surface area is 847 Å². The van der Waals surface area contributed by atoms with Gasteiger partial charge in [0.2, 0.25) is 0 Å². The van der Waals surface area contributed by atoms with E-state index in [-0.39, 0.29) is 0 Å². The van der Waals surface area contributed by atoms with Crippen LogP contribution in [-0.2, 0) is 10.8 Å². The van der Waals surface area contributed by atoms with E-state index in [1.54, 1.807) is 13.8 Å². The van der Waals surface area contributed by atoms with Crippen LogP contribution in [0.5, 0.6) is 0 Å². The molecule has 3 heteroatoms. The molecule has 0 aliphatic heterocycles. The van der Waals surface area contributed by atoms with Crippen molar-refractivity contribution in [3.05, 3.63) is 597 Å². The quantitative estimate of drug-likeness (QED) is 0.0912. The van der Waals surface area contributed by atoms with Crippen molar-refractivity contribution in [3.8, 4) is 201 Å². The predicted molar refractivity (Wildman–Crippen MR) is 604 cm³/mol. The molecule has 1 heterocycles. The minimum absolute atomic E-state index is 0.410. The first-order valence-corrected chi connectivity index (χ1v) is 49.6. The molecular weight excluding hydrogens is 1740 g/mol.